The van der Waals surface area contributed by atoms with E-state index in [0.717, 1.165) is 23.6 Å². The summed E-state index contributed by atoms with van der Waals surface area (Å²) in [7, 11) is 1.62. The minimum Gasteiger partial charge on any atom is -0.497 e. The van der Waals surface area contributed by atoms with Crippen LogP contribution in [0.1, 0.15) is 18.2 Å². The lowest BCUT2D eigenvalue weighted by Crippen LogP contribution is -2.43. The van der Waals surface area contributed by atoms with Gasteiger partial charge in [0.1, 0.15) is 5.75 Å². The van der Waals surface area contributed by atoms with Gasteiger partial charge in [-0.25, -0.2) is 0 Å². The molecule has 1 amide bonds. The Bertz CT molecular complexity index is 621. The van der Waals surface area contributed by atoms with Crippen molar-refractivity contribution in [1.82, 2.24) is 0 Å². The van der Waals surface area contributed by atoms with Crippen LogP contribution in [-0.2, 0) is 17.8 Å². The minimum absolute atomic E-state index is 0.0403. The number of aryl methyl sites for hydroxylation is 2. The molecule has 1 N–H and O–H groups in total. The van der Waals surface area contributed by atoms with Crippen LogP contribution in [-0.4, -0.2) is 13.0 Å². The first-order valence-electron chi connectivity index (χ1n) is 7.05. The van der Waals surface area contributed by atoms with Crippen molar-refractivity contribution in [3.63, 3.8) is 0 Å². The summed E-state index contributed by atoms with van der Waals surface area (Å²) in [6, 6.07) is 11.4. The fourth-order valence-electron chi connectivity index (χ4n) is 2.08. The summed E-state index contributed by atoms with van der Waals surface area (Å²) in [4.78, 5) is 12.1. The van der Waals surface area contributed by atoms with Crippen molar-refractivity contribution in [2.75, 3.05) is 12.4 Å². The van der Waals surface area contributed by atoms with Gasteiger partial charge in [0.15, 0.2) is 11.9 Å². The maximum atomic E-state index is 12.1. The predicted octanol–water partition coefficient (Wildman–Crippen LogP) is 2.49. The molecule has 0 fully saturated rings. The number of carbonyl (C=O) groups is 1. The molecule has 0 saturated heterocycles. The van der Waals surface area contributed by atoms with Gasteiger partial charge in [0.25, 0.3) is 5.91 Å². The maximum absolute atomic E-state index is 12.1. The largest absolute Gasteiger partial charge is 0.497 e. The van der Waals surface area contributed by atoms with E-state index in [4.69, 9.17) is 4.74 Å². The highest BCUT2D eigenvalue weighted by Gasteiger charge is 2.13. The fourth-order valence-corrected chi connectivity index (χ4v) is 2.08. The summed E-state index contributed by atoms with van der Waals surface area (Å²) in [6.07, 6.45) is 2.99. The van der Waals surface area contributed by atoms with Gasteiger partial charge in [-0.05, 0) is 36.8 Å². The lowest BCUT2D eigenvalue weighted by molar-refractivity contribution is -0.690. The van der Waals surface area contributed by atoms with Crippen LogP contribution >= 0.6 is 0 Å². The Morgan fingerprint density at radius 1 is 1.19 bits per heavy atom. The number of ether oxygens (including phenoxy) is 1. The zero-order chi connectivity index (χ0) is 15.2. The van der Waals surface area contributed by atoms with Crippen molar-refractivity contribution in [3.05, 3.63) is 53.9 Å². The van der Waals surface area contributed by atoms with Crippen molar-refractivity contribution in [2.45, 2.75) is 26.8 Å². The molecule has 0 bridgehead atoms. The molecule has 1 heterocycles. The van der Waals surface area contributed by atoms with Crippen molar-refractivity contribution in [1.29, 1.82) is 0 Å². The molecule has 4 heteroatoms. The molecule has 110 valence electrons. The third-order valence-electron chi connectivity index (χ3n) is 3.41. The molecule has 2 rings (SSSR count). The van der Waals surface area contributed by atoms with Crippen molar-refractivity contribution >= 4 is 11.6 Å². The minimum atomic E-state index is -0.0403. The van der Waals surface area contributed by atoms with Gasteiger partial charge in [0.05, 0.1) is 7.11 Å². The normalized spacial score (nSPS) is 10.2. The predicted molar refractivity (Wildman–Crippen MR) is 82.4 cm³/mol. The molecule has 0 radical (unpaired) electrons. The molecule has 21 heavy (non-hydrogen) atoms. The molecule has 0 atom stereocenters. The third-order valence-corrected chi connectivity index (χ3v) is 3.41. The molecule has 1 aromatic carbocycles. The van der Waals surface area contributed by atoms with Crippen LogP contribution < -0.4 is 14.6 Å². The Kier molecular flexibility index (Phi) is 4.93. The van der Waals surface area contributed by atoms with Gasteiger partial charge >= 0.3 is 0 Å². The van der Waals surface area contributed by atoms with E-state index in [-0.39, 0.29) is 5.91 Å². The second-order valence-corrected chi connectivity index (χ2v) is 4.94. The number of methoxy groups -OCH3 is 1. The average molecular weight is 285 g/mol. The molecule has 0 aliphatic heterocycles. The molecule has 0 saturated carbocycles. The van der Waals surface area contributed by atoms with Crippen LogP contribution in [0.2, 0.25) is 0 Å². The van der Waals surface area contributed by atoms with Crippen LogP contribution in [0.25, 0.3) is 0 Å². The number of hydrogen-bond donors (Lipinski definition) is 1. The van der Waals surface area contributed by atoms with Crippen LogP contribution in [0.15, 0.2) is 42.6 Å². The number of nitrogens with one attached hydrogen (secondary N) is 1. The van der Waals surface area contributed by atoms with E-state index in [1.165, 1.54) is 5.56 Å². The number of aromatic nitrogens is 1. The Morgan fingerprint density at radius 2 is 1.90 bits per heavy atom. The Hall–Kier alpha value is -2.36. The second-order valence-electron chi connectivity index (χ2n) is 4.94. The topological polar surface area (TPSA) is 42.2 Å². The van der Waals surface area contributed by atoms with E-state index < -0.39 is 0 Å². The molecule has 0 aliphatic rings. The van der Waals surface area contributed by atoms with Gasteiger partial charge < -0.3 is 10.1 Å². The Morgan fingerprint density at radius 3 is 2.52 bits per heavy atom. The lowest BCUT2D eigenvalue weighted by Gasteiger charge is -2.06. The Labute approximate surface area is 125 Å². The SMILES string of the molecule is CCc1ccc(C)[n+](CC(=O)Nc2ccc(OC)cc2)c1. The molecular weight excluding hydrogens is 264 g/mol. The second kappa shape index (κ2) is 6.88. The summed E-state index contributed by atoms with van der Waals surface area (Å²) in [5, 5.41) is 2.89. The molecule has 4 nitrogen and oxygen atoms in total. The van der Waals surface area contributed by atoms with Crippen LogP contribution in [0.4, 0.5) is 5.69 Å². The first-order chi connectivity index (χ1) is 10.1. The van der Waals surface area contributed by atoms with E-state index in [9.17, 15) is 4.79 Å². The van der Waals surface area contributed by atoms with Gasteiger partial charge in [-0.15, -0.1) is 0 Å². The quantitative estimate of drug-likeness (QED) is 0.858. The van der Waals surface area contributed by atoms with E-state index in [0.29, 0.717) is 6.54 Å². The third kappa shape index (κ3) is 4.05. The first kappa shape index (κ1) is 15.0. The van der Waals surface area contributed by atoms with E-state index >= 15 is 0 Å². The van der Waals surface area contributed by atoms with E-state index in [1.807, 2.05) is 48.0 Å². The smallest absolute Gasteiger partial charge is 0.290 e. The van der Waals surface area contributed by atoms with Crippen LogP contribution in [0.5, 0.6) is 5.75 Å². The molecule has 0 spiro atoms. The van der Waals surface area contributed by atoms with Gasteiger partial charge in [0, 0.05) is 24.2 Å². The molecule has 2 aromatic rings. The summed E-state index contributed by atoms with van der Waals surface area (Å²) >= 11 is 0. The lowest BCUT2D eigenvalue weighted by atomic mass is 10.2. The van der Waals surface area contributed by atoms with Crippen LogP contribution in [0.3, 0.4) is 0 Å². The number of pyridine rings is 1. The molecule has 0 aliphatic carbocycles. The summed E-state index contributed by atoms with van der Waals surface area (Å²) in [5.74, 6) is 0.732. The number of carbonyl (C=O) groups excluding carboxylic acids is 1. The number of rotatable bonds is 5. The number of anilines is 1. The summed E-state index contributed by atoms with van der Waals surface area (Å²) < 4.78 is 7.06. The summed E-state index contributed by atoms with van der Waals surface area (Å²) in [6.45, 7) is 4.41. The first-order valence-corrected chi connectivity index (χ1v) is 7.05. The Balaban J connectivity index is 2.04. The van der Waals surface area contributed by atoms with Gasteiger partial charge in [0.2, 0.25) is 6.54 Å². The van der Waals surface area contributed by atoms with Gasteiger partial charge in [-0.3, -0.25) is 4.79 Å². The van der Waals surface area contributed by atoms with Crippen molar-refractivity contribution < 1.29 is 14.1 Å². The number of nitrogens with zero attached hydrogens (tertiary/aromatic N) is 1. The van der Waals surface area contributed by atoms with Crippen LogP contribution in [0, 0.1) is 6.92 Å². The van der Waals surface area contributed by atoms with Gasteiger partial charge in [-0.1, -0.05) is 6.92 Å². The number of benzene rings is 1. The van der Waals surface area contributed by atoms with Gasteiger partial charge in [-0.2, -0.15) is 4.57 Å². The fraction of sp³-hybridized carbons (Fsp3) is 0.294. The standard InChI is InChI=1S/C17H20N2O2/c1-4-14-6-5-13(2)19(11-14)12-17(20)18-15-7-9-16(21-3)10-8-15/h5-11H,4,12H2,1-3H3/p+1. The highest BCUT2D eigenvalue weighted by Crippen LogP contribution is 2.14. The monoisotopic (exact) mass is 285 g/mol. The highest BCUT2D eigenvalue weighted by atomic mass is 16.5. The number of hydrogen-bond acceptors (Lipinski definition) is 2. The average Bonchev–Trinajstić information content (AvgIpc) is 2.50. The van der Waals surface area contributed by atoms with Crippen molar-refractivity contribution in [2.24, 2.45) is 0 Å². The molecular formula is C17H21N2O2+. The molecule has 0 unspecified atom stereocenters. The molecule has 1 aromatic heterocycles. The van der Waals surface area contributed by atoms with E-state index in [2.05, 4.69) is 18.3 Å². The van der Waals surface area contributed by atoms with Crippen molar-refractivity contribution in [3.8, 4) is 5.75 Å². The zero-order valence-electron chi connectivity index (χ0n) is 12.7. The summed E-state index contributed by atoms with van der Waals surface area (Å²) in [5.41, 5.74) is 3.06. The zero-order valence-corrected chi connectivity index (χ0v) is 12.7. The number of amides is 1. The highest BCUT2D eigenvalue weighted by molar-refractivity contribution is 5.89. The van der Waals surface area contributed by atoms with E-state index in [1.54, 1.807) is 7.11 Å². The maximum Gasteiger partial charge on any atom is 0.290 e.